The highest BCUT2D eigenvalue weighted by Crippen LogP contribution is 2.35. The Kier molecular flexibility index (Phi) is 5.69. The van der Waals surface area contributed by atoms with Crippen molar-refractivity contribution in [2.24, 2.45) is 11.8 Å². The van der Waals surface area contributed by atoms with Gasteiger partial charge in [0.15, 0.2) is 6.61 Å². The molecule has 0 radical (unpaired) electrons. The number of esters is 1. The van der Waals surface area contributed by atoms with Crippen LogP contribution in [-0.4, -0.2) is 29.5 Å². The van der Waals surface area contributed by atoms with E-state index in [9.17, 15) is 9.59 Å². The Morgan fingerprint density at radius 2 is 2.07 bits per heavy atom. The average molecular weight is 390 g/mol. The Hall–Kier alpha value is -2.15. The van der Waals surface area contributed by atoms with E-state index in [2.05, 4.69) is 24.1 Å². The fourth-order valence-corrected chi connectivity index (χ4v) is 4.96. The van der Waals surface area contributed by atoms with Gasteiger partial charge in [0.25, 0.3) is 5.91 Å². The van der Waals surface area contributed by atoms with Gasteiger partial charge in [0.05, 0.1) is 5.69 Å². The first-order chi connectivity index (χ1) is 12.8. The predicted molar refractivity (Wildman–Crippen MR) is 108 cm³/mol. The largest absolute Gasteiger partial charge is 0.451 e. The third kappa shape index (κ3) is 4.08. The maximum absolute atomic E-state index is 12.4. The molecule has 2 aromatic heterocycles. The van der Waals surface area contributed by atoms with Gasteiger partial charge in [-0.15, -0.1) is 11.3 Å². The second-order valence-electron chi connectivity index (χ2n) is 7.62. The number of anilines is 1. The summed E-state index contributed by atoms with van der Waals surface area (Å²) in [6.45, 7) is 7.92. The van der Waals surface area contributed by atoms with E-state index in [1.54, 1.807) is 0 Å². The Morgan fingerprint density at radius 3 is 2.81 bits per heavy atom. The number of pyridine rings is 1. The van der Waals surface area contributed by atoms with Gasteiger partial charge < -0.3 is 15.8 Å². The fraction of sp³-hybridized carbons (Fsp3) is 0.550. The van der Waals surface area contributed by atoms with Gasteiger partial charge in [-0.2, -0.15) is 0 Å². The van der Waals surface area contributed by atoms with Crippen molar-refractivity contribution in [3.8, 4) is 0 Å². The minimum Gasteiger partial charge on any atom is -0.451 e. The molecule has 0 spiro atoms. The maximum Gasteiger partial charge on any atom is 0.351 e. The summed E-state index contributed by atoms with van der Waals surface area (Å²) in [6.07, 6.45) is 3.28. The lowest BCUT2D eigenvalue weighted by Gasteiger charge is -2.34. The lowest BCUT2D eigenvalue weighted by molar-refractivity contribution is -0.125. The molecule has 3 rings (SSSR count). The summed E-state index contributed by atoms with van der Waals surface area (Å²) < 4.78 is 5.23. The van der Waals surface area contributed by atoms with Crippen LogP contribution in [0.2, 0.25) is 0 Å². The third-order valence-corrected chi connectivity index (χ3v) is 6.68. The molecule has 0 bridgehead atoms. The molecule has 0 aliphatic heterocycles. The normalized spacial score (nSPS) is 22.6. The number of carbonyl (C=O) groups excluding carboxylic acids is 2. The maximum atomic E-state index is 12.4. The number of hydrogen-bond donors (Lipinski definition) is 2. The van der Waals surface area contributed by atoms with Gasteiger partial charge in [-0.25, -0.2) is 9.78 Å². The third-order valence-electron chi connectivity index (χ3n) is 5.60. The molecule has 2 aromatic rings. The van der Waals surface area contributed by atoms with Crippen molar-refractivity contribution in [3.05, 3.63) is 22.2 Å². The summed E-state index contributed by atoms with van der Waals surface area (Å²) in [5.74, 6) is 0.171. The highest BCUT2D eigenvalue weighted by atomic mass is 32.1. The Morgan fingerprint density at radius 1 is 1.33 bits per heavy atom. The number of aryl methyl sites for hydroxylation is 2. The number of ether oxygens (including phenoxy) is 1. The van der Waals surface area contributed by atoms with E-state index in [0.29, 0.717) is 27.2 Å². The van der Waals surface area contributed by atoms with E-state index < -0.39 is 5.97 Å². The van der Waals surface area contributed by atoms with E-state index in [1.807, 2.05) is 19.9 Å². The predicted octanol–water partition coefficient (Wildman–Crippen LogP) is 3.59. The van der Waals surface area contributed by atoms with E-state index in [-0.39, 0.29) is 18.6 Å². The number of amides is 1. The van der Waals surface area contributed by atoms with Crippen LogP contribution in [0.1, 0.15) is 54.0 Å². The van der Waals surface area contributed by atoms with Gasteiger partial charge in [-0.1, -0.05) is 26.7 Å². The molecule has 6 nitrogen and oxygen atoms in total. The number of carbonyl (C=O) groups is 2. The summed E-state index contributed by atoms with van der Waals surface area (Å²) in [6, 6.07) is 2.07. The quantitative estimate of drug-likeness (QED) is 0.779. The zero-order valence-electron chi connectivity index (χ0n) is 16.3. The van der Waals surface area contributed by atoms with Crippen molar-refractivity contribution in [1.82, 2.24) is 10.3 Å². The molecule has 3 N–H and O–H groups in total. The molecular formula is C20H27N3O3S. The molecule has 7 heteroatoms. The summed E-state index contributed by atoms with van der Waals surface area (Å²) in [5.41, 5.74) is 8.37. The Bertz CT molecular complexity index is 877. The molecule has 1 saturated carbocycles. The number of nitrogen functional groups attached to an aromatic ring is 1. The average Bonchev–Trinajstić information content (AvgIpc) is 2.93. The van der Waals surface area contributed by atoms with Crippen LogP contribution in [0.25, 0.3) is 10.2 Å². The number of hydrogen-bond acceptors (Lipinski definition) is 6. The fourth-order valence-electron chi connectivity index (χ4n) is 3.85. The van der Waals surface area contributed by atoms with Crippen LogP contribution in [0.4, 0.5) is 5.69 Å². The monoisotopic (exact) mass is 389 g/mol. The van der Waals surface area contributed by atoms with Crippen LogP contribution >= 0.6 is 11.3 Å². The van der Waals surface area contributed by atoms with Gasteiger partial charge in [0, 0.05) is 17.1 Å². The standard InChI is InChI=1S/C20H27N3O3S/c1-10-6-5-7-14(13(10)4)23-15(24)9-26-20(25)18-17(21)16-11(2)8-12(3)22-19(16)27-18/h8,10,13-14H,5-7,9,21H2,1-4H3,(H,23,24)/t10-,13+,14+/m0/s1. The Labute approximate surface area is 163 Å². The smallest absolute Gasteiger partial charge is 0.351 e. The molecule has 27 heavy (non-hydrogen) atoms. The molecule has 1 fully saturated rings. The van der Waals surface area contributed by atoms with Crippen LogP contribution in [0.3, 0.4) is 0 Å². The zero-order chi connectivity index (χ0) is 19.7. The van der Waals surface area contributed by atoms with Gasteiger partial charge in [0.1, 0.15) is 9.71 Å². The SMILES string of the molecule is Cc1cc(C)c2c(N)c(C(=O)OCC(=O)N[C@@H]3CCC[C@H](C)[C@H]3C)sc2n1. The van der Waals surface area contributed by atoms with Crippen LogP contribution in [-0.2, 0) is 9.53 Å². The number of nitrogens with one attached hydrogen (secondary N) is 1. The molecule has 3 atom stereocenters. The number of nitrogens with two attached hydrogens (primary N) is 1. The molecule has 1 aliphatic carbocycles. The van der Waals surface area contributed by atoms with Gasteiger partial charge in [0.2, 0.25) is 0 Å². The van der Waals surface area contributed by atoms with Crippen molar-refractivity contribution >= 4 is 39.1 Å². The van der Waals surface area contributed by atoms with Crippen molar-refractivity contribution in [2.75, 3.05) is 12.3 Å². The number of fused-ring (bicyclic) bond motifs is 1. The lowest BCUT2D eigenvalue weighted by atomic mass is 9.78. The zero-order valence-corrected chi connectivity index (χ0v) is 17.1. The van der Waals surface area contributed by atoms with Crippen molar-refractivity contribution < 1.29 is 14.3 Å². The second kappa shape index (κ2) is 7.84. The molecule has 1 amide bonds. The van der Waals surface area contributed by atoms with Gasteiger partial charge >= 0.3 is 5.97 Å². The van der Waals surface area contributed by atoms with Crippen LogP contribution in [0.5, 0.6) is 0 Å². The summed E-state index contributed by atoms with van der Waals surface area (Å²) >= 11 is 1.21. The van der Waals surface area contributed by atoms with E-state index in [4.69, 9.17) is 10.5 Å². The van der Waals surface area contributed by atoms with Crippen LogP contribution in [0, 0.1) is 25.7 Å². The molecule has 1 aliphatic rings. The molecule has 146 valence electrons. The summed E-state index contributed by atoms with van der Waals surface area (Å²) in [7, 11) is 0. The second-order valence-corrected chi connectivity index (χ2v) is 8.62. The first-order valence-corrected chi connectivity index (χ1v) is 10.2. The molecule has 0 unspecified atom stereocenters. The van der Waals surface area contributed by atoms with Gasteiger partial charge in [-0.05, 0) is 43.7 Å². The van der Waals surface area contributed by atoms with Crippen LogP contribution < -0.4 is 11.1 Å². The van der Waals surface area contributed by atoms with E-state index in [1.165, 1.54) is 17.8 Å². The van der Waals surface area contributed by atoms with Crippen molar-refractivity contribution in [3.63, 3.8) is 0 Å². The van der Waals surface area contributed by atoms with Gasteiger partial charge in [-0.3, -0.25) is 4.79 Å². The number of aromatic nitrogens is 1. The minimum absolute atomic E-state index is 0.143. The highest BCUT2D eigenvalue weighted by molar-refractivity contribution is 7.21. The highest BCUT2D eigenvalue weighted by Gasteiger charge is 2.28. The molecule has 2 heterocycles. The summed E-state index contributed by atoms with van der Waals surface area (Å²) in [4.78, 5) is 30.1. The number of thiophene rings is 1. The van der Waals surface area contributed by atoms with E-state index in [0.717, 1.165) is 29.5 Å². The first-order valence-electron chi connectivity index (χ1n) is 9.40. The van der Waals surface area contributed by atoms with E-state index >= 15 is 0 Å². The Balaban J connectivity index is 1.64. The van der Waals surface area contributed by atoms with Crippen molar-refractivity contribution in [2.45, 2.75) is 53.0 Å². The summed E-state index contributed by atoms with van der Waals surface area (Å²) in [5, 5.41) is 3.79. The number of rotatable bonds is 4. The molecule has 0 saturated heterocycles. The topological polar surface area (TPSA) is 94.3 Å². The van der Waals surface area contributed by atoms with Crippen LogP contribution in [0.15, 0.2) is 6.07 Å². The minimum atomic E-state index is -0.576. The molecular weight excluding hydrogens is 362 g/mol. The first kappa shape index (κ1) is 19.6. The van der Waals surface area contributed by atoms with Crippen molar-refractivity contribution in [1.29, 1.82) is 0 Å². The molecule has 0 aromatic carbocycles. The lowest BCUT2D eigenvalue weighted by Crippen LogP contribution is -2.45. The number of nitrogens with zero attached hydrogens (tertiary/aromatic N) is 1.